The maximum absolute atomic E-state index is 11.5. The van der Waals surface area contributed by atoms with Crippen LogP contribution in [0.1, 0.15) is 51.3 Å². The Hall–Kier alpha value is -2.97. The van der Waals surface area contributed by atoms with Crippen LogP contribution in [0.3, 0.4) is 0 Å². The number of nitro groups is 1. The monoisotopic (exact) mass is 402 g/mol. The highest BCUT2D eigenvalue weighted by atomic mass is 16.6. The van der Waals surface area contributed by atoms with Crippen LogP contribution < -0.4 is 5.32 Å². The number of hydrogen-bond donors (Lipinski definition) is 1. The third-order valence-corrected chi connectivity index (χ3v) is 5.11. The lowest BCUT2D eigenvalue weighted by Crippen LogP contribution is -2.12. The Kier molecular flexibility index (Phi) is 7.15. The van der Waals surface area contributed by atoms with Gasteiger partial charge >= 0.3 is 5.97 Å². The van der Waals surface area contributed by atoms with Gasteiger partial charge in [-0.3, -0.25) is 14.9 Å². The van der Waals surface area contributed by atoms with E-state index in [1.807, 2.05) is 0 Å². The Bertz CT molecular complexity index is 845. The zero-order valence-corrected chi connectivity index (χ0v) is 16.6. The summed E-state index contributed by atoms with van der Waals surface area (Å²) in [5.74, 6) is 1.28. The van der Waals surface area contributed by atoms with Crippen molar-refractivity contribution in [2.45, 2.75) is 51.9 Å². The minimum absolute atomic E-state index is 0.108. The van der Waals surface area contributed by atoms with Crippen LogP contribution in [0.4, 0.5) is 11.4 Å². The molecule has 0 atom stereocenters. The van der Waals surface area contributed by atoms with Crippen LogP contribution in [0.2, 0.25) is 0 Å². The van der Waals surface area contributed by atoms with Crippen LogP contribution in [-0.4, -0.2) is 34.2 Å². The lowest BCUT2D eigenvalue weighted by molar-refractivity contribution is -0.383. The summed E-state index contributed by atoms with van der Waals surface area (Å²) < 4.78 is 10.2. The zero-order chi connectivity index (χ0) is 20.6. The van der Waals surface area contributed by atoms with Gasteiger partial charge in [0.15, 0.2) is 0 Å². The predicted octanol–water partition coefficient (Wildman–Crippen LogP) is 4.13. The molecule has 0 saturated heterocycles. The Balaban J connectivity index is 1.64. The molecule has 156 valence electrons. The summed E-state index contributed by atoms with van der Waals surface area (Å²) in [7, 11) is 0. The largest absolute Gasteiger partial charge is 0.466 e. The Labute approximate surface area is 169 Å². The maximum atomic E-state index is 11.5. The number of esters is 1. The van der Waals surface area contributed by atoms with E-state index in [0.29, 0.717) is 29.6 Å². The maximum Gasteiger partial charge on any atom is 0.307 e. The Morgan fingerprint density at radius 3 is 2.90 bits per heavy atom. The second kappa shape index (κ2) is 9.99. The van der Waals surface area contributed by atoms with Crippen molar-refractivity contribution in [1.82, 2.24) is 10.1 Å². The van der Waals surface area contributed by atoms with Crippen molar-refractivity contribution in [1.29, 1.82) is 0 Å². The molecule has 0 aliphatic heterocycles. The molecule has 3 rings (SSSR count). The summed E-state index contributed by atoms with van der Waals surface area (Å²) in [4.78, 5) is 26.8. The summed E-state index contributed by atoms with van der Waals surface area (Å²) in [5.41, 5.74) is 0.736. The van der Waals surface area contributed by atoms with Crippen molar-refractivity contribution < 1.29 is 19.0 Å². The van der Waals surface area contributed by atoms with Gasteiger partial charge in [-0.15, -0.1) is 0 Å². The van der Waals surface area contributed by atoms with Gasteiger partial charge in [0, 0.05) is 24.6 Å². The number of benzene rings is 1. The number of hydrogen-bond acceptors (Lipinski definition) is 8. The molecule has 1 saturated carbocycles. The first-order valence-electron chi connectivity index (χ1n) is 10.1. The number of nitrogens with one attached hydrogen (secondary N) is 1. The molecule has 9 nitrogen and oxygen atoms in total. The quantitative estimate of drug-likeness (QED) is 0.358. The number of aromatic nitrogens is 2. The van der Waals surface area contributed by atoms with Crippen molar-refractivity contribution in [3.05, 3.63) is 34.2 Å². The van der Waals surface area contributed by atoms with Crippen LogP contribution >= 0.6 is 0 Å². The lowest BCUT2D eigenvalue weighted by atomic mass is 10.0. The first kappa shape index (κ1) is 20.8. The first-order chi connectivity index (χ1) is 14.1. The molecule has 1 fully saturated rings. The van der Waals surface area contributed by atoms with Crippen LogP contribution in [0.15, 0.2) is 22.7 Å². The predicted molar refractivity (Wildman–Crippen MR) is 106 cm³/mol. The standard InChI is InChI=1S/C20H26N4O5/c1-2-28-19(25)11-12-21-16-9-8-15(13-17(16)24(26)27)20-22-18(29-23-20)10-7-14-5-3-4-6-14/h8-9,13-14,21H,2-7,10-12H2,1H3. The summed E-state index contributed by atoms with van der Waals surface area (Å²) in [5, 5.41) is 18.4. The average molecular weight is 402 g/mol. The second-order valence-corrected chi connectivity index (χ2v) is 7.17. The van der Waals surface area contributed by atoms with Crippen molar-refractivity contribution in [2.24, 2.45) is 5.92 Å². The fourth-order valence-electron chi connectivity index (χ4n) is 3.60. The molecule has 2 aromatic rings. The van der Waals surface area contributed by atoms with Gasteiger partial charge in [-0.05, 0) is 31.4 Å². The van der Waals surface area contributed by atoms with Crippen molar-refractivity contribution in [2.75, 3.05) is 18.5 Å². The molecule has 1 aromatic heterocycles. The van der Waals surface area contributed by atoms with E-state index in [1.165, 1.54) is 31.7 Å². The number of anilines is 1. The molecule has 29 heavy (non-hydrogen) atoms. The minimum atomic E-state index is -0.475. The second-order valence-electron chi connectivity index (χ2n) is 7.17. The number of carbonyl (C=O) groups is 1. The number of aryl methyl sites for hydroxylation is 1. The first-order valence-corrected chi connectivity index (χ1v) is 10.1. The highest BCUT2D eigenvalue weighted by Gasteiger charge is 2.19. The fraction of sp³-hybridized carbons (Fsp3) is 0.550. The molecule has 0 bridgehead atoms. The molecular formula is C20H26N4O5. The highest BCUT2D eigenvalue weighted by Crippen LogP contribution is 2.31. The van der Waals surface area contributed by atoms with E-state index in [4.69, 9.17) is 9.26 Å². The van der Waals surface area contributed by atoms with E-state index >= 15 is 0 Å². The van der Waals surface area contributed by atoms with E-state index in [2.05, 4.69) is 15.5 Å². The molecule has 1 aliphatic carbocycles. The van der Waals surface area contributed by atoms with Gasteiger partial charge in [0.2, 0.25) is 11.7 Å². The molecule has 1 heterocycles. The van der Waals surface area contributed by atoms with Gasteiger partial charge < -0.3 is 14.6 Å². The average Bonchev–Trinajstić information content (AvgIpc) is 3.38. The SMILES string of the molecule is CCOC(=O)CCNc1ccc(-c2noc(CCC3CCCC3)n2)cc1[N+](=O)[O-]. The summed E-state index contributed by atoms with van der Waals surface area (Å²) in [6.07, 6.45) is 7.00. The molecule has 0 unspecified atom stereocenters. The molecule has 0 amide bonds. The molecule has 0 spiro atoms. The summed E-state index contributed by atoms with van der Waals surface area (Å²) in [6, 6.07) is 4.71. The number of rotatable bonds is 10. The van der Waals surface area contributed by atoms with Crippen LogP contribution in [0.25, 0.3) is 11.4 Å². The van der Waals surface area contributed by atoms with Gasteiger partial charge in [-0.25, -0.2) is 0 Å². The number of nitrogens with zero attached hydrogens (tertiary/aromatic N) is 3. The highest BCUT2D eigenvalue weighted by molar-refractivity contribution is 5.72. The Morgan fingerprint density at radius 1 is 1.38 bits per heavy atom. The molecule has 0 radical (unpaired) electrons. The van der Waals surface area contributed by atoms with Gasteiger partial charge in [-0.1, -0.05) is 30.8 Å². The summed E-state index contributed by atoms with van der Waals surface area (Å²) in [6.45, 7) is 2.28. The Morgan fingerprint density at radius 2 is 2.17 bits per heavy atom. The lowest BCUT2D eigenvalue weighted by Gasteiger charge is -2.07. The van der Waals surface area contributed by atoms with Crippen molar-refractivity contribution >= 4 is 17.3 Å². The van der Waals surface area contributed by atoms with E-state index in [1.54, 1.807) is 19.1 Å². The van der Waals surface area contributed by atoms with Crippen molar-refractivity contribution in [3.8, 4) is 11.4 Å². The van der Waals surface area contributed by atoms with E-state index in [9.17, 15) is 14.9 Å². The fourth-order valence-corrected chi connectivity index (χ4v) is 3.60. The molecule has 1 N–H and O–H groups in total. The molecular weight excluding hydrogens is 376 g/mol. The van der Waals surface area contributed by atoms with E-state index < -0.39 is 4.92 Å². The zero-order valence-electron chi connectivity index (χ0n) is 16.6. The summed E-state index contributed by atoms with van der Waals surface area (Å²) >= 11 is 0. The third-order valence-electron chi connectivity index (χ3n) is 5.11. The van der Waals surface area contributed by atoms with Gasteiger partial charge in [-0.2, -0.15) is 4.98 Å². The topological polar surface area (TPSA) is 120 Å². The number of carbonyl (C=O) groups excluding carboxylic acids is 1. The van der Waals surface area contributed by atoms with E-state index in [-0.39, 0.29) is 24.6 Å². The van der Waals surface area contributed by atoms with Gasteiger partial charge in [0.25, 0.3) is 5.69 Å². The van der Waals surface area contributed by atoms with Gasteiger partial charge in [0.1, 0.15) is 5.69 Å². The van der Waals surface area contributed by atoms with Crippen LogP contribution in [0, 0.1) is 16.0 Å². The number of nitro benzene ring substituents is 1. The van der Waals surface area contributed by atoms with Crippen LogP contribution in [0.5, 0.6) is 0 Å². The van der Waals surface area contributed by atoms with E-state index in [0.717, 1.165) is 18.8 Å². The number of ether oxygens (including phenoxy) is 1. The smallest absolute Gasteiger partial charge is 0.307 e. The minimum Gasteiger partial charge on any atom is -0.466 e. The van der Waals surface area contributed by atoms with Crippen molar-refractivity contribution in [3.63, 3.8) is 0 Å². The van der Waals surface area contributed by atoms with Crippen LogP contribution in [-0.2, 0) is 16.0 Å². The molecule has 1 aromatic carbocycles. The molecule has 9 heteroatoms. The third kappa shape index (κ3) is 5.75. The van der Waals surface area contributed by atoms with Gasteiger partial charge in [0.05, 0.1) is 18.0 Å². The normalized spacial score (nSPS) is 14.1. The molecule has 1 aliphatic rings.